The van der Waals surface area contributed by atoms with Crippen LogP contribution in [0.3, 0.4) is 0 Å². The van der Waals surface area contributed by atoms with Gasteiger partial charge in [-0.1, -0.05) is 32.9 Å². The van der Waals surface area contributed by atoms with Crippen LogP contribution in [-0.2, 0) is 4.74 Å². The summed E-state index contributed by atoms with van der Waals surface area (Å²) in [6, 6.07) is 6.15. The van der Waals surface area contributed by atoms with Crippen molar-refractivity contribution in [2.75, 3.05) is 0 Å². The second kappa shape index (κ2) is 5.35. The van der Waals surface area contributed by atoms with Crippen molar-refractivity contribution in [3.63, 3.8) is 0 Å². The van der Waals surface area contributed by atoms with E-state index in [1.807, 2.05) is 20.8 Å². The topological polar surface area (TPSA) is 69.4 Å². The van der Waals surface area contributed by atoms with E-state index >= 15 is 0 Å². The fourth-order valence-electron chi connectivity index (χ4n) is 1.67. The van der Waals surface area contributed by atoms with Crippen molar-refractivity contribution in [1.29, 1.82) is 0 Å². The summed E-state index contributed by atoms with van der Waals surface area (Å²) in [5.41, 5.74) is -1.23. The van der Waals surface area contributed by atoms with Crippen molar-refractivity contribution >= 4 is 22.7 Å². The molecule has 1 atom stereocenters. The average Bonchev–Trinajstić information content (AvgIpc) is 2.24. The molecule has 1 aromatic rings. The van der Waals surface area contributed by atoms with Gasteiger partial charge in [0.25, 0.3) is 5.69 Å². The van der Waals surface area contributed by atoms with Crippen molar-refractivity contribution in [2.24, 2.45) is 5.41 Å². The second-order valence-corrected chi connectivity index (χ2v) is 5.23. The highest BCUT2D eigenvalue weighted by Crippen LogP contribution is 2.40. The lowest BCUT2D eigenvalue weighted by atomic mass is 9.84. The quantitative estimate of drug-likeness (QED) is 0.472. The van der Waals surface area contributed by atoms with Crippen molar-refractivity contribution in [3.05, 3.63) is 39.9 Å². The Bertz CT molecular complexity index is 467. The Morgan fingerprint density at radius 2 is 1.94 bits per heavy atom. The molecule has 0 fully saturated rings. The fraction of sp³-hybridized carbons (Fsp3) is 0.417. The van der Waals surface area contributed by atoms with Crippen LogP contribution in [0, 0.1) is 15.5 Å². The maximum absolute atomic E-state index is 11.0. The number of rotatable bonds is 3. The first-order valence-corrected chi connectivity index (χ1v) is 5.70. The van der Waals surface area contributed by atoms with Crippen LogP contribution in [0.15, 0.2) is 24.3 Å². The van der Waals surface area contributed by atoms with Gasteiger partial charge in [0.15, 0.2) is 0 Å². The number of carbonyl (C=O) groups excluding carboxylic acids is 1. The third kappa shape index (κ3) is 3.43. The number of para-hydroxylation sites is 1. The number of nitrogens with zero attached hydrogens (tertiary/aromatic N) is 1. The smallest absolute Gasteiger partial charge is 0.404 e. The minimum absolute atomic E-state index is 0.0876. The molecule has 0 aromatic heterocycles. The number of hydrogen-bond acceptors (Lipinski definition) is 4. The Morgan fingerprint density at radius 3 is 2.39 bits per heavy atom. The highest BCUT2D eigenvalue weighted by molar-refractivity contribution is 6.61. The Hall–Kier alpha value is -1.62. The first kappa shape index (κ1) is 14.4. The first-order valence-electron chi connectivity index (χ1n) is 5.33. The molecular formula is C12H14ClNO4. The van der Waals surface area contributed by atoms with Gasteiger partial charge in [0, 0.05) is 23.1 Å². The van der Waals surface area contributed by atoms with Gasteiger partial charge in [0.1, 0.15) is 6.10 Å². The molecule has 0 saturated heterocycles. The van der Waals surface area contributed by atoms with Gasteiger partial charge in [-0.15, -0.1) is 0 Å². The molecule has 0 bridgehead atoms. The SMILES string of the molecule is CC(C)(C)C(OC(=O)Cl)c1ccccc1[N+](=O)[O-]. The van der Waals surface area contributed by atoms with Crippen LogP contribution in [-0.4, -0.2) is 10.4 Å². The molecule has 18 heavy (non-hydrogen) atoms. The van der Waals surface area contributed by atoms with E-state index in [9.17, 15) is 14.9 Å². The van der Waals surface area contributed by atoms with E-state index in [1.165, 1.54) is 6.07 Å². The molecule has 1 rings (SSSR count). The molecule has 98 valence electrons. The molecule has 0 amide bonds. The largest absolute Gasteiger partial charge is 0.445 e. The zero-order valence-corrected chi connectivity index (χ0v) is 11.1. The standard InChI is InChI=1S/C12H14ClNO4/c1-12(2,3)10(18-11(13)15)8-6-4-5-7-9(8)14(16)17/h4-7,10H,1-3H3. The maximum Gasteiger partial charge on any atom is 0.404 e. The molecule has 6 heteroatoms. The Kier molecular flexibility index (Phi) is 4.29. The number of halogens is 1. The minimum atomic E-state index is -0.979. The van der Waals surface area contributed by atoms with Crippen LogP contribution in [0.5, 0.6) is 0 Å². The van der Waals surface area contributed by atoms with Gasteiger partial charge in [0.2, 0.25) is 0 Å². The molecule has 0 N–H and O–H groups in total. The molecule has 0 aliphatic heterocycles. The molecule has 0 aliphatic rings. The summed E-state index contributed by atoms with van der Waals surface area (Å²) < 4.78 is 5.01. The lowest BCUT2D eigenvalue weighted by molar-refractivity contribution is -0.386. The van der Waals surface area contributed by atoms with Crippen LogP contribution in [0.4, 0.5) is 10.5 Å². The number of carbonyl (C=O) groups is 1. The van der Waals surface area contributed by atoms with Crippen LogP contribution in [0.1, 0.15) is 32.4 Å². The first-order chi connectivity index (χ1) is 8.23. The third-order valence-electron chi connectivity index (χ3n) is 2.41. The van der Waals surface area contributed by atoms with E-state index in [0.29, 0.717) is 5.56 Å². The summed E-state index contributed by atoms with van der Waals surface area (Å²) >= 11 is 5.23. The highest BCUT2D eigenvalue weighted by atomic mass is 35.5. The Balaban J connectivity index is 3.29. The molecule has 1 aromatic carbocycles. The second-order valence-electron chi connectivity index (χ2n) is 4.92. The monoisotopic (exact) mass is 271 g/mol. The van der Waals surface area contributed by atoms with Crippen LogP contribution >= 0.6 is 11.6 Å². The number of benzene rings is 1. The highest BCUT2D eigenvalue weighted by Gasteiger charge is 2.34. The third-order valence-corrected chi connectivity index (χ3v) is 2.50. The Labute approximate surface area is 110 Å². The number of hydrogen-bond donors (Lipinski definition) is 0. The van der Waals surface area contributed by atoms with Crippen molar-refractivity contribution < 1.29 is 14.5 Å². The lowest BCUT2D eigenvalue weighted by Gasteiger charge is -2.29. The molecule has 0 radical (unpaired) electrons. The van der Waals surface area contributed by atoms with Crippen LogP contribution in [0.2, 0.25) is 0 Å². The van der Waals surface area contributed by atoms with E-state index < -0.39 is 21.9 Å². The van der Waals surface area contributed by atoms with E-state index in [0.717, 1.165) is 0 Å². The van der Waals surface area contributed by atoms with Crippen molar-refractivity contribution in [1.82, 2.24) is 0 Å². The van der Waals surface area contributed by atoms with Gasteiger partial charge in [-0.2, -0.15) is 0 Å². The van der Waals surface area contributed by atoms with Gasteiger partial charge >= 0.3 is 5.43 Å². The van der Waals surface area contributed by atoms with Crippen molar-refractivity contribution in [3.8, 4) is 0 Å². The zero-order valence-electron chi connectivity index (χ0n) is 10.3. The van der Waals surface area contributed by atoms with Crippen LogP contribution in [0.25, 0.3) is 0 Å². The fourth-order valence-corrected chi connectivity index (χ4v) is 1.76. The molecule has 0 saturated carbocycles. The molecule has 0 spiro atoms. The van der Waals surface area contributed by atoms with E-state index in [-0.39, 0.29) is 5.69 Å². The zero-order chi connectivity index (χ0) is 13.9. The summed E-state index contributed by atoms with van der Waals surface area (Å²) in [6.07, 6.45) is -0.774. The molecule has 1 unspecified atom stereocenters. The normalized spacial score (nSPS) is 12.9. The molecule has 5 nitrogen and oxygen atoms in total. The predicted octanol–water partition coefficient (Wildman–Crippen LogP) is 4.06. The molecule has 0 aliphatic carbocycles. The molecular weight excluding hydrogens is 258 g/mol. The predicted molar refractivity (Wildman–Crippen MR) is 67.6 cm³/mol. The minimum Gasteiger partial charge on any atom is -0.445 e. The van der Waals surface area contributed by atoms with Gasteiger partial charge in [-0.25, -0.2) is 4.79 Å². The number of nitro groups is 1. The van der Waals surface area contributed by atoms with Gasteiger partial charge < -0.3 is 4.74 Å². The van der Waals surface area contributed by atoms with Gasteiger partial charge in [0.05, 0.1) is 10.5 Å². The Morgan fingerprint density at radius 1 is 1.39 bits per heavy atom. The van der Waals surface area contributed by atoms with E-state index in [1.54, 1.807) is 18.2 Å². The van der Waals surface area contributed by atoms with Gasteiger partial charge in [-0.05, 0) is 6.07 Å². The number of nitro benzene ring substituents is 1. The average molecular weight is 272 g/mol. The van der Waals surface area contributed by atoms with E-state index in [4.69, 9.17) is 16.3 Å². The summed E-state index contributed by atoms with van der Waals surface area (Å²) in [7, 11) is 0. The van der Waals surface area contributed by atoms with E-state index in [2.05, 4.69) is 0 Å². The maximum atomic E-state index is 11.0. The van der Waals surface area contributed by atoms with Gasteiger partial charge in [-0.3, -0.25) is 10.1 Å². The van der Waals surface area contributed by atoms with Crippen LogP contribution < -0.4 is 0 Å². The summed E-state index contributed by atoms with van der Waals surface area (Å²) in [6.45, 7) is 5.44. The molecule has 0 heterocycles. The summed E-state index contributed by atoms with van der Waals surface area (Å²) in [5.74, 6) is 0. The lowest BCUT2D eigenvalue weighted by Crippen LogP contribution is -2.23. The summed E-state index contributed by atoms with van der Waals surface area (Å²) in [5, 5.41) is 11.0. The number of ether oxygens (including phenoxy) is 1. The summed E-state index contributed by atoms with van der Waals surface area (Å²) in [4.78, 5) is 21.4. The van der Waals surface area contributed by atoms with Crippen molar-refractivity contribution in [2.45, 2.75) is 26.9 Å².